The minimum atomic E-state index is -1.76. The van der Waals surface area contributed by atoms with E-state index in [4.69, 9.17) is 18.9 Å². The van der Waals surface area contributed by atoms with Gasteiger partial charge in [0.15, 0.2) is 12.6 Å². The van der Waals surface area contributed by atoms with Crippen molar-refractivity contribution >= 4 is 5.97 Å². The summed E-state index contributed by atoms with van der Waals surface area (Å²) in [6, 6.07) is 0. The predicted molar refractivity (Wildman–Crippen MR) is 106 cm³/mol. The van der Waals surface area contributed by atoms with E-state index < -0.39 is 80.6 Å². The zero-order valence-corrected chi connectivity index (χ0v) is 18.1. The Balaban J connectivity index is 1.90. The van der Waals surface area contributed by atoms with Gasteiger partial charge >= 0.3 is 5.97 Å². The second-order valence-corrected chi connectivity index (χ2v) is 8.20. The molecule has 12 nitrogen and oxygen atoms in total. The summed E-state index contributed by atoms with van der Waals surface area (Å²) in [5, 5.41) is 69.5. The lowest BCUT2D eigenvalue weighted by atomic mass is 9.98. The number of hydrogen-bond donors (Lipinski definition) is 7. The summed E-state index contributed by atoms with van der Waals surface area (Å²) in [5.74, 6) is -0.496. The molecular weight excluding hydrogens is 432 g/mol. The lowest BCUT2D eigenvalue weighted by molar-refractivity contribution is -0.376. The second kappa shape index (κ2) is 13.1. The molecule has 2 heterocycles. The highest BCUT2D eigenvalue weighted by Gasteiger charge is 2.49. The normalized spacial score (nSPS) is 40.2. The summed E-state index contributed by atoms with van der Waals surface area (Å²) < 4.78 is 21.0. The maximum absolute atomic E-state index is 11.9. The molecule has 2 fully saturated rings. The van der Waals surface area contributed by atoms with Crippen LogP contribution in [0.5, 0.6) is 0 Å². The molecule has 0 aromatic rings. The smallest absolute Gasteiger partial charge is 0.305 e. The summed E-state index contributed by atoms with van der Waals surface area (Å²) in [6.45, 7) is 0.994. The molecule has 0 radical (unpaired) electrons. The van der Waals surface area contributed by atoms with Gasteiger partial charge in [0.25, 0.3) is 0 Å². The predicted octanol–water partition coefficient (Wildman–Crippen LogP) is -2.49. The third-order valence-corrected chi connectivity index (χ3v) is 5.68. The Hall–Kier alpha value is -0.930. The average molecular weight is 468 g/mol. The fourth-order valence-electron chi connectivity index (χ4n) is 3.60. The number of aliphatic hydroxyl groups is 7. The third kappa shape index (κ3) is 7.03. The van der Waals surface area contributed by atoms with Crippen LogP contribution >= 0.6 is 0 Å². The van der Waals surface area contributed by atoms with Crippen LogP contribution in [0.2, 0.25) is 0 Å². The van der Waals surface area contributed by atoms with Crippen LogP contribution in [0.15, 0.2) is 0 Å². The van der Waals surface area contributed by atoms with E-state index in [1.807, 2.05) is 0 Å². The van der Waals surface area contributed by atoms with E-state index in [-0.39, 0.29) is 6.42 Å². The number of carbonyl (C=O) groups excluding carboxylic acids is 1. The first-order valence-electron chi connectivity index (χ1n) is 11.0. The molecule has 7 N–H and O–H groups in total. The first-order chi connectivity index (χ1) is 15.2. The molecule has 2 aliphatic heterocycles. The molecule has 188 valence electrons. The number of ether oxygens (including phenoxy) is 4. The number of unbranched alkanes of at least 4 members (excludes halogenated alkanes) is 4. The van der Waals surface area contributed by atoms with Crippen molar-refractivity contribution in [2.45, 2.75) is 107 Å². The van der Waals surface area contributed by atoms with Gasteiger partial charge in [0.1, 0.15) is 55.4 Å². The fourth-order valence-corrected chi connectivity index (χ4v) is 3.60. The van der Waals surface area contributed by atoms with Crippen LogP contribution in [0.3, 0.4) is 0 Å². The van der Waals surface area contributed by atoms with Crippen molar-refractivity contribution in [3.8, 4) is 0 Å². The van der Waals surface area contributed by atoms with E-state index in [1.165, 1.54) is 0 Å². The highest BCUT2D eigenvalue weighted by molar-refractivity contribution is 5.69. The number of esters is 1. The lowest BCUT2D eigenvalue weighted by Gasteiger charge is -2.44. The van der Waals surface area contributed by atoms with Crippen LogP contribution in [0, 0.1) is 0 Å². The summed E-state index contributed by atoms with van der Waals surface area (Å²) in [6.07, 6.45) is -10.9. The van der Waals surface area contributed by atoms with Crippen molar-refractivity contribution in [2.75, 3.05) is 13.2 Å². The molecule has 12 heteroatoms. The van der Waals surface area contributed by atoms with E-state index in [0.717, 1.165) is 25.7 Å². The number of aliphatic hydroxyl groups excluding tert-OH is 7. The Labute approximate surface area is 186 Å². The molecule has 32 heavy (non-hydrogen) atoms. The molecule has 10 atom stereocenters. The van der Waals surface area contributed by atoms with Crippen LogP contribution in [-0.2, 0) is 23.7 Å². The fraction of sp³-hybridized carbons (Fsp3) is 0.950. The zero-order chi connectivity index (χ0) is 23.8. The molecule has 0 aliphatic carbocycles. The van der Waals surface area contributed by atoms with Crippen molar-refractivity contribution in [3.05, 3.63) is 0 Å². The van der Waals surface area contributed by atoms with Gasteiger partial charge < -0.3 is 54.7 Å². The van der Waals surface area contributed by atoms with Crippen LogP contribution in [0.25, 0.3) is 0 Å². The van der Waals surface area contributed by atoms with Gasteiger partial charge in [-0.2, -0.15) is 0 Å². The largest absolute Gasteiger partial charge is 0.463 e. The number of rotatable bonds is 11. The van der Waals surface area contributed by atoms with Gasteiger partial charge in [0.05, 0.1) is 6.61 Å². The molecule has 0 bridgehead atoms. The van der Waals surface area contributed by atoms with E-state index >= 15 is 0 Å². The summed E-state index contributed by atoms with van der Waals surface area (Å²) in [7, 11) is 0. The van der Waals surface area contributed by atoms with E-state index in [2.05, 4.69) is 6.92 Å². The molecule has 0 saturated carbocycles. The van der Waals surface area contributed by atoms with Gasteiger partial charge in [-0.3, -0.25) is 4.79 Å². The van der Waals surface area contributed by atoms with Gasteiger partial charge in [-0.15, -0.1) is 0 Å². The molecule has 0 aromatic carbocycles. The lowest BCUT2D eigenvalue weighted by Crippen LogP contribution is -2.63. The van der Waals surface area contributed by atoms with Gasteiger partial charge in [0, 0.05) is 6.42 Å². The van der Waals surface area contributed by atoms with E-state index in [9.17, 15) is 40.5 Å². The number of carbonyl (C=O) groups is 1. The monoisotopic (exact) mass is 468 g/mol. The third-order valence-electron chi connectivity index (χ3n) is 5.68. The van der Waals surface area contributed by atoms with Crippen molar-refractivity contribution < 1.29 is 59.5 Å². The Morgan fingerprint density at radius 2 is 1.28 bits per heavy atom. The minimum Gasteiger partial charge on any atom is -0.463 e. The van der Waals surface area contributed by atoms with Crippen molar-refractivity contribution in [1.82, 2.24) is 0 Å². The minimum absolute atomic E-state index is 0.197. The molecule has 2 rings (SSSR count). The first kappa shape index (κ1) is 27.3. The number of hydrogen-bond acceptors (Lipinski definition) is 12. The Bertz CT molecular complexity index is 561. The molecular formula is C20H36O12. The molecule has 0 unspecified atom stereocenters. The summed E-state index contributed by atoms with van der Waals surface area (Å²) in [4.78, 5) is 11.9. The highest BCUT2D eigenvalue weighted by atomic mass is 16.8. The average Bonchev–Trinajstić information content (AvgIpc) is 2.78. The Kier molecular flexibility index (Phi) is 11.2. The molecule has 0 spiro atoms. The molecule has 2 saturated heterocycles. The zero-order valence-electron chi connectivity index (χ0n) is 18.1. The van der Waals surface area contributed by atoms with Gasteiger partial charge in [-0.25, -0.2) is 0 Å². The van der Waals surface area contributed by atoms with E-state index in [0.29, 0.717) is 6.42 Å². The Morgan fingerprint density at radius 1 is 0.750 bits per heavy atom. The molecule has 0 amide bonds. The van der Waals surface area contributed by atoms with Crippen molar-refractivity contribution in [3.63, 3.8) is 0 Å². The van der Waals surface area contributed by atoms with Gasteiger partial charge in [-0.05, 0) is 6.42 Å². The second-order valence-electron chi connectivity index (χ2n) is 8.20. The molecule has 0 aromatic heterocycles. The molecule has 2 aliphatic rings. The van der Waals surface area contributed by atoms with Crippen LogP contribution in [-0.4, -0.2) is 116 Å². The Morgan fingerprint density at radius 3 is 1.84 bits per heavy atom. The van der Waals surface area contributed by atoms with Gasteiger partial charge in [-0.1, -0.05) is 32.6 Å². The van der Waals surface area contributed by atoms with Gasteiger partial charge in [0.2, 0.25) is 0 Å². The highest BCUT2D eigenvalue weighted by Crippen LogP contribution is 2.28. The SMILES string of the molecule is CCCCCCCC(=O)OC[C@@H]1O[C@H](O[C@H]2O[C@H](CO)[C@@H](O)[C@H](O)[C@@H]2O)[C@@H](O)[C@@H](O)[C@@H]1O. The quantitative estimate of drug-likeness (QED) is 0.125. The van der Waals surface area contributed by atoms with Crippen LogP contribution in [0.4, 0.5) is 0 Å². The maximum atomic E-state index is 11.9. The van der Waals surface area contributed by atoms with Crippen LogP contribution < -0.4 is 0 Å². The first-order valence-corrected chi connectivity index (χ1v) is 11.0. The maximum Gasteiger partial charge on any atom is 0.305 e. The summed E-state index contributed by atoms with van der Waals surface area (Å²) in [5.41, 5.74) is 0. The van der Waals surface area contributed by atoms with E-state index in [1.54, 1.807) is 0 Å². The topological polar surface area (TPSA) is 196 Å². The van der Waals surface area contributed by atoms with Crippen molar-refractivity contribution in [1.29, 1.82) is 0 Å². The van der Waals surface area contributed by atoms with Crippen molar-refractivity contribution in [2.24, 2.45) is 0 Å². The standard InChI is InChI=1S/C20H36O12/c1-2-3-4-5-6-7-12(22)29-9-11-14(24)16(26)18(28)20(31-11)32-19-17(27)15(25)13(23)10(8-21)30-19/h10-11,13-21,23-28H,2-9H2,1H3/t10-,11+,13-,14-,15+,16+,17+,18+,19-,20-/m1/s1. The summed E-state index contributed by atoms with van der Waals surface area (Å²) >= 11 is 0. The van der Waals surface area contributed by atoms with Crippen LogP contribution in [0.1, 0.15) is 45.4 Å².